The van der Waals surface area contributed by atoms with Crippen molar-refractivity contribution in [3.8, 4) is 11.5 Å². The Labute approximate surface area is 230 Å². The Kier molecular flexibility index (Phi) is 10.3. The van der Waals surface area contributed by atoms with Gasteiger partial charge in [-0.2, -0.15) is 0 Å². The van der Waals surface area contributed by atoms with Crippen LogP contribution in [0.5, 0.6) is 11.5 Å². The molecule has 208 valence electrons. The first kappa shape index (κ1) is 29.5. The fraction of sp³-hybridized carbons (Fsp3) is 0.310. The molecule has 0 spiro atoms. The molecular formula is C29H35N3O6S. The topological polar surface area (TPSA) is 105 Å². The number of rotatable bonds is 13. The molecule has 39 heavy (non-hydrogen) atoms. The van der Waals surface area contributed by atoms with E-state index in [1.165, 1.54) is 17.0 Å². The predicted molar refractivity (Wildman–Crippen MR) is 150 cm³/mol. The average molecular weight is 554 g/mol. The van der Waals surface area contributed by atoms with Gasteiger partial charge in [-0.15, -0.1) is 0 Å². The smallest absolute Gasteiger partial charge is 0.264 e. The van der Waals surface area contributed by atoms with Gasteiger partial charge in [0, 0.05) is 13.1 Å². The van der Waals surface area contributed by atoms with Gasteiger partial charge in [-0.1, -0.05) is 30.3 Å². The van der Waals surface area contributed by atoms with Crippen molar-refractivity contribution in [2.24, 2.45) is 0 Å². The number of nitrogens with one attached hydrogen (secondary N) is 1. The molecule has 0 aliphatic rings. The van der Waals surface area contributed by atoms with E-state index in [0.29, 0.717) is 30.3 Å². The summed E-state index contributed by atoms with van der Waals surface area (Å²) in [6, 6.07) is 20.8. The van der Waals surface area contributed by atoms with Crippen molar-refractivity contribution < 1.29 is 27.5 Å². The number of hydrogen-bond acceptors (Lipinski definition) is 6. The molecule has 0 aliphatic heterocycles. The monoisotopic (exact) mass is 553 g/mol. The lowest BCUT2D eigenvalue weighted by Gasteiger charge is -2.32. The molecule has 10 heteroatoms. The molecule has 0 saturated heterocycles. The van der Waals surface area contributed by atoms with Crippen molar-refractivity contribution in [3.05, 3.63) is 84.4 Å². The summed E-state index contributed by atoms with van der Waals surface area (Å²) in [5.74, 6) is 0.276. The Balaban J connectivity index is 1.99. The van der Waals surface area contributed by atoms with E-state index in [1.807, 2.05) is 13.0 Å². The Hall–Kier alpha value is -4.05. The van der Waals surface area contributed by atoms with Crippen LogP contribution in [0.2, 0.25) is 0 Å². The SMILES string of the molecule is CCNC(=O)C(C)N(Cc1cccc(OC)c1)C(=O)CN(c1ccccc1)S(=O)(=O)c1ccc(OCC)cc1. The minimum Gasteiger partial charge on any atom is -0.497 e. The third-order valence-corrected chi connectivity index (χ3v) is 7.84. The molecular weight excluding hydrogens is 518 g/mol. The summed E-state index contributed by atoms with van der Waals surface area (Å²) < 4.78 is 39.5. The van der Waals surface area contributed by atoms with Gasteiger partial charge in [0.1, 0.15) is 24.1 Å². The first-order chi connectivity index (χ1) is 18.7. The number of anilines is 1. The summed E-state index contributed by atoms with van der Waals surface area (Å²) in [5.41, 5.74) is 1.06. The van der Waals surface area contributed by atoms with Gasteiger partial charge in [0.15, 0.2) is 0 Å². The third kappa shape index (κ3) is 7.51. The zero-order valence-electron chi connectivity index (χ0n) is 22.7. The number of ether oxygens (including phenoxy) is 2. The van der Waals surface area contributed by atoms with Crippen LogP contribution in [-0.4, -0.2) is 58.0 Å². The highest BCUT2D eigenvalue weighted by atomic mass is 32.2. The molecule has 0 aliphatic carbocycles. The summed E-state index contributed by atoms with van der Waals surface area (Å²) in [4.78, 5) is 28.0. The summed E-state index contributed by atoms with van der Waals surface area (Å²) in [6.45, 7) is 5.67. The zero-order chi connectivity index (χ0) is 28.4. The average Bonchev–Trinajstić information content (AvgIpc) is 2.95. The van der Waals surface area contributed by atoms with Crippen molar-refractivity contribution in [3.63, 3.8) is 0 Å². The lowest BCUT2D eigenvalue weighted by atomic mass is 10.1. The first-order valence-electron chi connectivity index (χ1n) is 12.7. The Morgan fingerprint density at radius 2 is 1.62 bits per heavy atom. The van der Waals surface area contributed by atoms with Crippen LogP contribution >= 0.6 is 0 Å². The maximum Gasteiger partial charge on any atom is 0.264 e. The molecule has 1 unspecified atom stereocenters. The van der Waals surface area contributed by atoms with Crippen LogP contribution in [0.4, 0.5) is 5.69 Å². The predicted octanol–water partition coefficient (Wildman–Crippen LogP) is 3.84. The minimum absolute atomic E-state index is 0.0127. The van der Waals surface area contributed by atoms with E-state index in [1.54, 1.807) is 81.6 Å². The van der Waals surface area contributed by atoms with E-state index >= 15 is 0 Å². The standard InChI is InChI=1S/C29H35N3O6S/c1-5-30-29(34)22(3)31(20-23-11-10-14-26(19-23)37-4)28(33)21-32(24-12-8-7-9-13-24)39(35,36)27-17-15-25(16-18-27)38-6-2/h7-19,22H,5-6,20-21H2,1-4H3,(H,30,34). The number of methoxy groups -OCH3 is 1. The lowest BCUT2D eigenvalue weighted by molar-refractivity contribution is -0.139. The molecule has 0 heterocycles. The van der Waals surface area contributed by atoms with Crippen LogP contribution in [0.3, 0.4) is 0 Å². The number of benzene rings is 3. The second-order valence-corrected chi connectivity index (χ2v) is 10.6. The highest BCUT2D eigenvalue weighted by molar-refractivity contribution is 7.92. The third-order valence-electron chi connectivity index (χ3n) is 6.05. The molecule has 2 amide bonds. The van der Waals surface area contributed by atoms with Gasteiger partial charge in [0.05, 0.1) is 24.3 Å². The van der Waals surface area contributed by atoms with E-state index in [2.05, 4.69) is 5.32 Å². The maximum absolute atomic E-state index is 13.8. The van der Waals surface area contributed by atoms with E-state index in [9.17, 15) is 18.0 Å². The van der Waals surface area contributed by atoms with E-state index in [4.69, 9.17) is 9.47 Å². The molecule has 0 aromatic heterocycles. The van der Waals surface area contributed by atoms with Crippen molar-refractivity contribution in [2.45, 2.75) is 38.3 Å². The van der Waals surface area contributed by atoms with E-state index < -0.39 is 28.5 Å². The molecule has 9 nitrogen and oxygen atoms in total. The fourth-order valence-corrected chi connectivity index (χ4v) is 5.41. The van der Waals surface area contributed by atoms with E-state index in [-0.39, 0.29) is 17.3 Å². The number of likely N-dealkylation sites (N-methyl/N-ethyl adjacent to an activating group) is 1. The highest BCUT2D eigenvalue weighted by Crippen LogP contribution is 2.26. The number of hydrogen-bond donors (Lipinski definition) is 1. The number of nitrogens with zero attached hydrogens (tertiary/aromatic N) is 2. The van der Waals surface area contributed by atoms with Crippen molar-refractivity contribution in [1.29, 1.82) is 0 Å². The normalized spacial score (nSPS) is 11.8. The van der Waals surface area contributed by atoms with Crippen LogP contribution in [0.15, 0.2) is 83.8 Å². The van der Waals surface area contributed by atoms with Gasteiger partial charge in [0.2, 0.25) is 11.8 Å². The van der Waals surface area contributed by atoms with Crippen LogP contribution in [0, 0.1) is 0 Å². The number of amides is 2. The van der Waals surface area contributed by atoms with Gasteiger partial charge >= 0.3 is 0 Å². The van der Waals surface area contributed by atoms with Gasteiger partial charge in [-0.05, 0) is 74.9 Å². The largest absolute Gasteiger partial charge is 0.497 e. The van der Waals surface area contributed by atoms with Crippen molar-refractivity contribution in [1.82, 2.24) is 10.2 Å². The van der Waals surface area contributed by atoms with Crippen molar-refractivity contribution >= 4 is 27.5 Å². The number of sulfonamides is 1. The second-order valence-electron chi connectivity index (χ2n) is 8.70. The van der Waals surface area contributed by atoms with Crippen LogP contribution in [0.1, 0.15) is 26.3 Å². The highest BCUT2D eigenvalue weighted by Gasteiger charge is 2.32. The van der Waals surface area contributed by atoms with Gasteiger partial charge in [0.25, 0.3) is 10.0 Å². The van der Waals surface area contributed by atoms with E-state index in [0.717, 1.165) is 9.87 Å². The number of para-hydroxylation sites is 1. The summed E-state index contributed by atoms with van der Waals surface area (Å²) in [6.07, 6.45) is 0. The van der Waals surface area contributed by atoms with Crippen LogP contribution in [0.25, 0.3) is 0 Å². The number of carbonyl (C=O) groups excluding carboxylic acids is 2. The molecule has 3 aromatic carbocycles. The van der Waals surface area contributed by atoms with Gasteiger partial charge in [-0.3, -0.25) is 13.9 Å². The Bertz CT molecular complexity index is 1350. The second kappa shape index (κ2) is 13.7. The molecule has 1 atom stereocenters. The Morgan fingerprint density at radius 1 is 0.923 bits per heavy atom. The summed E-state index contributed by atoms with van der Waals surface area (Å²) in [7, 11) is -2.60. The number of carbonyl (C=O) groups is 2. The van der Waals surface area contributed by atoms with Crippen LogP contribution in [-0.2, 0) is 26.2 Å². The quantitative estimate of drug-likeness (QED) is 0.345. The summed E-state index contributed by atoms with van der Waals surface area (Å²) in [5, 5.41) is 2.74. The fourth-order valence-electron chi connectivity index (χ4n) is 4.00. The molecule has 1 N–H and O–H groups in total. The minimum atomic E-state index is -4.14. The van der Waals surface area contributed by atoms with Gasteiger partial charge in [-0.25, -0.2) is 8.42 Å². The molecule has 0 bridgehead atoms. The summed E-state index contributed by atoms with van der Waals surface area (Å²) >= 11 is 0. The molecule has 0 fully saturated rings. The van der Waals surface area contributed by atoms with Crippen LogP contribution < -0.4 is 19.1 Å². The molecule has 0 saturated carbocycles. The molecule has 3 rings (SSSR count). The molecule has 3 aromatic rings. The zero-order valence-corrected chi connectivity index (χ0v) is 23.5. The van der Waals surface area contributed by atoms with Gasteiger partial charge < -0.3 is 19.7 Å². The van der Waals surface area contributed by atoms with Crippen molar-refractivity contribution in [2.75, 3.05) is 31.1 Å². The lowest BCUT2D eigenvalue weighted by Crippen LogP contribution is -2.51. The Morgan fingerprint density at radius 3 is 2.23 bits per heavy atom. The maximum atomic E-state index is 13.8. The first-order valence-corrected chi connectivity index (χ1v) is 14.2. The molecule has 0 radical (unpaired) electrons.